The number of benzene rings is 1. The molecule has 0 spiro atoms. The number of hydrogen-bond acceptors (Lipinski definition) is 7. The largest absolute Gasteiger partial charge is 0.467 e. The van der Waals surface area contributed by atoms with Gasteiger partial charge in [-0.25, -0.2) is 15.0 Å². The maximum atomic E-state index is 13.8. The van der Waals surface area contributed by atoms with Crippen LogP contribution in [0.2, 0.25) is 0 Å². The van der Waals surface area contributed by atoms with Crippen molar-refractivity contribution in [1.82, 2.24) is 24.4 Å². The van der Waals surface area contributed by atoms with E-state index in [0.29, 0.717) is 28.3 Å². The number of nitrogens with zero attached hydrogens (tertiary/aromatic N) is 5. The molecule has 3 aromatic heterocycles. The molecule has 1 saturated carbocycles. The Labute approximate surface area is 238 Å². The lowest BCUT2D eigenvalue weighted by molar-refractivity contribution is -0.140. The number of ether oxygens (including phenoxy) is 1. The molecule has 0 unspecified atom stereocenters. The van der Waals surface area contributed by atoms with Crippen molar-refractivity contribution in [3.63, 3.8) is 0 Å². The van der Waals surface area contributed by atoms with Crippen molar-refractivity contribution in [2.45, 2.75) is 44.8 Å². The lowest BCUT2D eigenvalue weighted by atomic mass is 9.80. The Hall–Kier alpha value is -4.12. The van der Waals surface area contributed by atoms with Gasteiger partial charge >= 0.3 is 6.01 Å². The number of anilines is 1. The molecule has 1 saturated heterocycles. The third-order valence-corrected chi connectivity index (χ3v) is 8.31. The fourth-order valence-electron chi connectivity index (χ4n) is 5.79. The van der Waals surface area contributed by atoms with Gasteiger partial charge in [0.1, 0.15) is 23.0 Å². The van der Waals surface area contributed by atoms with Crippen molar-refractivity contribution < 1.29 is 19.1 Å². The van der Waals surface area contributed by atoms with E-state index in [2.05, 4.69) is 36.2 Å². The zero-order valence-corrected chi connectivity index (χ0v) is 23.6. The number of Topliss-reactive ketones (excluding diaryl/α,β-unsaturated/α-hetero) is 1. The lowest BCUT2D eigenvalue weighted by Crippen LogP contribution is -2.50. The zero-order valence-electron chi connectivity index (χ0n) is 22.0. The van der Waals surface area contributed by atoms with Crippen LogP contribution in [0.4, 0.5) is 5.82 Å². The summed E-state index contributed by atoms with van der Waals surface area (Å²) in [6.07, 6.45) is 7.58. The number of likely N-dealkylation sites (tertiary alicyclic amines) is 1. The maximum absolute atomic E-state index is 13.8. The molecule has 11 heteroatoms. The number of nitrogens with one attached hydrogen (secondary N) is 1. The van der Waals surface area contributed by atoms with E-state index in [1.165, 1.54) is 14.0 Å². The predicted octanol–water partition coefficient (Wildman–Crippen LogP) is 4.49. The second-order valence-corrected chi connectivity index (χ2v) is 11.0. The van der Waals surface area contributed by atoms with Crippen LogP contribution in [-0.4, -0.2) is 61.2 Å². The van der Waals surface area contributed by atoms with Gasteiger partial charge in [-0.3, -0.25) is 14.4 Å². The highest BCUT2D eigenvalue weighted by Gasteiger charge is 2.51. The van der Waals surface area contributed by atoms with E-state index < -0.39 is 6.04 Å². The average molecular weight is 603 g/mol. The maximum Gasteiger partial charge on any atom is 0.316 e. The Bertz CT molecular complexity index is 1640. The van der Waals surface area contributed by atoms with Gasteiger partial charge in [-0.2, -0.15) is 0 Å². The van der Waals surface area contributed by atoms with Gasteiger partial charge in [0, 0.05) is 46.7 Å². The molecular formula is C29H27BrN6O4. The number of hydrogen-bond donors (Lipinski definition) is 1. The van der Waals surface area contributed by atoms with E-state index in [0.717, 1.165) is 34.9 Å². The normalized spacial score (nSPS) is 19.7. The minimum Gasteiger partial charge on any atom is -0.467 e. The van der Waals surface area contributed by atoms with E-state index >= 15 is 0 Å². The molecule has 3 atom stereocenters. The van der Waals surface area contributed by atoms with Crippen LogP contribution in [0.25, 0.3) is 22.0 Å². The van der Waals surface area contributed by atoms with E-state index in [4.69, 9.17) is 4.74 Å². The summed E-state index contributed by atoms with van der Waals surface area (Å²) in [6, 6.07) is 10.8. The van der Waals surface area contributed by atoms with Crippen LogP contribution in [0.1, 0.15) is 36.5 Å². The monoisotopic (exact) mass is 602 g/mol. The van der Waals surface area contributed by atoms with Gasteiger partial charge in [-0.1, -0.05) is 12.1 Å². The first-order valence-electron chi connectivity index (χ1n) is 13.1. The highest BCUT2D eigenvalue weighted by molar-refractivity contribution is 9.10. The molecule has 204 valence electrons. The quantitative estimate of drug-likeness (QED) is 0.244. The number of aromatic nitrogens is 4. The number of ketones is 1. The second-order valence-electron chi connectivity index (χ2n) is 10.2. The molecule has 1 N–H and O–H groups in total. The minimum absolute atomic E-state index is 0.0247. The van der Waals surface area contributed by atoms with Crippen LogP contribution in [0.15, 0.2) is 59.6 Å². The van der Waals surface area contributed by atoms with Crippen LogP contribution in [-0.2, 0) is 16.1 Å². The Kier molecular flexibility index (Phi) is 6.83. The fourth-order valence-corrected chi connectivity index (χ4v) is 6.13. The first-order chi connectivity index (χ1) is 19.3. The molecule has 1 aliphatic carbocycles. The van der Waals surface area contributed by atoms with Gasteiger partial charge in [0.2, 0.25) is 11.8 Å². The van der Waals surface area contributed by atoms with E-state index in [1.54, 1.807) is 46.3 Å². The molecule has 6 rings (SSSR count). The second kappa shape index (κ2) is 10.5. The van der Waals surface area contributed by atoms with E-state index in [1.807, 2.05) is 18.2 Å². The molecule has 4 aromatic rings. The van der Waals surface area contributed by atoms with Crippen molar-refractivity contribution in [3.05, 3.63) is 65.2 Å². The van der Waals surface area contributed by atoms with Gasteiger partial charge < -0.3 is 19.5 Å². The summed E-state index contributed by atoms with van der Waals surface area (Å²) in [6.45, 7) is 1.54. The molecule has 0 radical (unpaired) electrons. The molecule has 2 amide bonds. The SMILES string of the molecule is COc1ncc(-c2ccc3c(c2)c(C(C)=O)cn3CC(=O)N2[C@@H]3CC[C@@H]3C[C@H]2C(=O)Nc2cccc(Br)n2)cn1. The Morgan fingerprint density at radius 3 is 2.58 bits per heavy atom. The summed E-state index contributed by atoms with van der Waals surface area (Å²) in [5, 5.41) is 3.62. The highest BCUT2D eigenvalue weighted by atomic mass is 79.9. The van der Waals surface area contributed by atoms with Crippen LogP contribution >= 0.6 is 15.9 Å². The van der Waals surface area contributed by atoms with Gasteiger partial charge in [0.25, 0.3) is 0 Å². The van der Waals surface area contributed by atoms with Crippen molar-refractivity contribution in [1.29, 1.82) is 0 Å². The lowest BCUT2D eigenvalue weighted by Gasteiger charge is -2.37. The van der Waals surface area contributed by atoms with Crippen LogP contribution < -0.4 is 10.1 Å². The minimum atomic E-state index is -0.568. The van der Waals surface area contributed by atoms with Gasteiger partial charge in [-0.15, -0.1) is 0 Å². The molecule has 1 aromatic carbocycles. The number of rotatable bonds is 7. The summed E-state index contributed by atoms with van der Waals surface area (Å²) in [7, 11) is 1.51. The first-order valence-corrected chi connectivity index (χ1v) is 13.9. The summed E-state index contributed by atoms with van der Waals surface area (Å²) >= 11 is 3.33. The van der Waals surface area contributed by atoms with Crippen LogP contribution in [0, 0.1) is 5.92 Å². The number of methoxy groups -OCH3 is 1. The summed E-state index contributed by atoms with van der Waals surface area (Å²) < 4.78 is 7.47. The van der Waals surface area contributed by atoms with Crippen molar-refractivity contribution in [2.75, 3.05) is 12.4 Å². The smallest absolute Gasteiger partial charge is 0.316 e. The van der Waals surface area contributed by atoms with Crippen LogP contribution in [0.5, 0.6) is 6.01 Å². The molecule has 1 aliphatic heterocycles. The van der Waals surface area contributed by atoms with E-state index in [-0.39, 0.29) is 36.2 Å². The van der Waals surface area contributed by atoms with Gasteiger partial charge in [0.05, 0.1) is 7.11 Å². The average Bonchev–Trinajstić information content (AvgIpc) is 3.42. The van der Waals surface area contributed by atoms with E-state index in [9.17, 15) is 14.4 Å². The molecule has 4 heterocycles. The van der Waals surface area contributed by atoms with Gasteiger partial charge in [0.15, 0.2) is 5.78 Å². The van der Waals surface area contributed by atoms with Crippen molar-refractivity contribution in [3.8, 4) is 17.1 Å². The first kappa shape index (κ1) is 26.1. The molecule has 10 nitrogen and oxygen atoms in total. The number of amides is 2. The Morgan fingerprint density at radius 1 is 1.10 bits per heavy atom. The number of pyridine rings is 1. The Balaban J connectivity index is 1.28. The van der Waals surface area contributed by atoms with Crippen LogP contribution in [0.3, 0.4) is 0 Å². The van der Waals surface area contributed by atoms with Gasteiger partial charge in [-0.05, 0) is 77.9 Å². The highest BCUT2D eigenvalue weighted by Crippen LogP contribution is 2.44. The fraction of sp³-hybridized carbons (Fsp3) is 0.310. The predicted molar refractivity (Wildman–Crippen MR) is 152 cm³/mol. The standard InChI is InChI=1S/C29H27BrN6O4/c1-16(37)21-14-35(23-9-6-17(10-20(21)23)19-12-31-29(40-2)32-13-19)15-27(38)36-22-8-7-18(22)11-24(36)28(39)34-26-5-3-4-25(30)33-26/h3-6,9-10,12-14,18,22,24H,7-8,11,15H2,1-2H3,(H,33,34,39)/t18-,22-,24+/m1/s1. The molecule has 0 bridgehead atoms. The van der Waals surface area contributed by atoms with Crippen molar-refractivity contribution >= 4 is 50.2 Å². The molecule has 40 heavy (non-hydrogen) atoms. The third kappa shape index (κ3) is 4.74. The molecular weight excluding hydrogens is 576 g/mol. The topological polar surface area (TPSA) is 119 Å². The Morgan fingerprint density at radius 2 is 1.90 bits per heavy atom. The third-order valence-electron chi connectivity index (χ3n) is 7.86. The number of carbonyl (C=O) groups excluding carboxylic acids is 3. The van der Waals surface area contributed by atoms with Crippen molar-refractivity contribution in [2.24, 2.45) is 5.92 Å². The molecule has 2 aliphatic rings. The molecule has 2 fully saturated rings. The number of halogens is 1. The number of carbonyl (C=O) groups is 3. The summed E-state index contributed by atoms with van der Waals surface area (Å²) in [4.78, 5) is 54.1. The summed E-state index contributed by atoms with van der Waals surface area (Å²) in [5.41, 5.74) is 2.91. The summed E-state index contributed by atoms with van der Waals surface area (Å²) in [5.74, 6) is 0.277. The zero-order chi connectivity index (χ0) is 28.0. The number of fused-ring (bicyclic) bond motifs is 2.